The van der Waals surface area contributed by atoms with Crippen LogP contribution in [0.5, 0.6) is 0 Å². The molecule has 2 nitrogen and oxygen atoms in total. The lowest BCUT2D eigenvalue weighted by Gasteiger charge is -1.98. The van der Waals surface area contributed by atoms with Gasteiger partial charge in [-0.05, 0) is 6.42 Å². The molecule has 1 aromatic heterocycles. The largest absolute Gasteiger partial charge is 0.308 e. The van der Waals surface area contributed by atoms with Gasteiger partial charge in [-0.2, -0.15) is 4.39 Å². The number of aryl methyl sites for hydroxylation is 1. The minimum Gasteiger partial charge on any atom is -0.308 e. The molecule has 0 aliphatic carbocycles. The zero-order chi connectivity index (χ0) is 8.27. The van der Waals surface area contributed by atoms with Crippen LogP contribution >= 0.6 is 0 Å². The summed E-state index contributed by atoms with van der Waals surface area (Å²) in [6.45, 7) is 2.11. The second kappa shape index (κ2) is 3.51. The predicted octanol–water partition coefficient (Wildman–Crippen LogP) is 1.90. The molecule has 0 N–H and O–H groups in total. The van der Waals surface area contributed by atoms with Crippen LogP contribution in [0, 0.1) is 5.95 Å². The second-order valence-corrected chi connectivity index (χ2v) is 2.66. The van der Waals surface area contributed by atoms with E-state index in [1.807, 2.05) is 0 Å². The van der Waals surface area contributed by atoms with Crippen molar-refractivity contribution in [3.63, 3.8) is 0 Å². The van der Waals surface area contributed by atoms with Gasteiger partial charge in [0.1, 0.15) is 5.82 Å². The number of hydrogen-bond acceptors (Lipinski definition) is 1. The lowest BCUT2D eigenvalue weighted by molar-refractivity contribution is 0.522. The van der Waals surface area contributed by atoms with E-state index in [1.54, 1.807) is 7.05 Å². The lowest BCUT2D eigenvalue weighted by atomic mass is 10.2. The number of aromatic nitrogens is 2. The van der Waals surface area contributed by atoms with Crippen LogP contribution in [0.3, 0.4) is 0 Å². The van der Waals surface area contributed by atoms with Crippen molar-refractivity contribution in [3.8, 4) is 0 Å². The molecule has 0 aliphatic rings. The van der Waals surface area contributed by atoms with Gasteiger partial charge in [0.2, 0.25) is 5.95 Å². The van der Waals surface area contributed by atoms with Crippen molar-refractivity contribution >= 4 is 0 Å². The van der Waals surface area contributed by atoms with Crippen molar-refractivity contribution < 1.29 is 4.39 Å². The van der Waals surface area contributed by atoms with E-state index in [0.29, 0.717) is 0 Å². The first-order valence-corrected chi connectivity index (χ1v) is 3.91. The molecule has 0 saturated carbocycles. The van der Waals surface area contributed by atoms with Gasteiger partial charge in [-0.25, -0.2) is 4.98 Å². The van der Waals surface area contributed by atoms with Crippen molar-refractivity contribution in [2.75, 3.05) is 0 Å². The van der Waals surface area contributed by atoms with Crippen LogP contribution in [0.1, 0.15) is 25.6 Å². The van der Waals surface area contributed by atoms with E-state index in [9.17, 15) is 4.39 Å². The summed E-state index contributed by atoms with van der Waals surface area (Å²) in [6.07, 6.45) is 4.33. The number of unbranched alkanes of at least 4 members (excludes halogenated alkanes) is 1. The average molecular weight is 156 g/mol. The van der Waals surface area contributed by atoms with Crippen LogP contribution in [0.4, 0.5) is 4.39 Å². The van der Waals surface area contributed by atoms with Crippen molar-refractivity contribution in [1.29, 1.82) is 0 Å². The van der Waals surface area contributed by atoms with Gasteiger partial charge in [-0.1, -0.05) is 13.3 Å². The lowest BCUT2D eigenvalue weighted by Crippen LogP contribution is -1.99. The molecular weight excluding hydrogens is 143 g/mol. The van der Waals surface area contributed by atoms with E-state index in [2.05, 4.69) is 11.9 Å². The second-order valence-electron chi connectivity index (χ2n) is 2.66. The van der Waals surface area contributed by atoms with E-state index in [1.165, 1.54) is 10.8 Å². The molecule has 3 heteroatoms. The van der Waals surface area contributed by atoms with Gasteiger partial charge >= 0.3 is 0 Å². The topological polar surface area (TPSA) is 17.8 Å². The first kappa shape index (κ1) is 8.24. The summed E-state index contributed by atoms with van der Waals surface area (Å²) in [7, 11) is 1.70. The van der Waals surface area contributed by atoms with Crippen LogP contribution in [0.25, 0.3) is 0 Å². The minimum atomic E-state index is -0.254. The molecule has 0 amide bonds. The molecule has 0 saturated heterocycles. The van der Waals surface area contributed by atoms with E-state index in [4.69, 9.17) is 0 Å². The van der Waals surface area contributed by atoms with Gasteiger partial charge in [-0.3, -0.25) is 0 Å². The Kier molecular flexibility index (Phi) is 2.63. The summed E-state index contributed by atoms with van der Waals surface area (Å²) in [4.78, 5) is 3.94. The average Bonchev–Trinajstić information content (AvgIpc) is 2.31. The van der Waals surface area contributed by atoms with E-state index in [-0.39, 0.29) is 5.95 Å². The maximum absolute atomic E-state index is 12.7. The van der Waals surface area contributed by atoms with Crippen molar-refractivity contribution in [2.24, 2.45) is 7.05 Å². The van der Waals surface area contributed by atoms with Crippen molar-refractivity contribution in [1.82, 2.24) is 9.55 Å². The fourth-order valence-electron chi connectivity index (χ4n) is 0.991. The summed E-state index contributed by atoms with van der Waals surface area (Å²) >= 11 is 0. The van der Waals surface area contributed by atoms with Gasteiger partial charge in [0.15, 0.2) is 0 Å². The van der Waals surface area contributed by atoms with Crippen LogP contribution in [-0.2, 0) is 13.5 Å². The van der Waals surface area contributed by atoms with Gasteiger partial charge in [0.25, 0.3) is 0 Å². The Hall–Kier alpha value is -0.860. The van der Waals surface area contributed by atoms with Gasteiger partial charge in [0.05, 0.1) is 6.20 Å². The number of imidazole rings is 1. The SMILES string of the molecule is CCCCc1ncc(F)n1C. The third-order valence-corrected chi connectivity index (χ3v) is 1.78. The number of halogens is 1. The van der Waals surface area contributed by atoms with Crippen LogP contribution in [0.15, 0.2) is 6.20 Å². The normalized spacial score (nSPS) is 10.5. The first-order chi connectivity index (χ1) is 5.25. The highest BCUT2D eigenvalue weighted by molar-refractivity contribution is 4.93. The Morgan fingerprint density at radius 1 is 1.64 bits per heavy atom. The molecule has 62 valence electrons. The van der Waals surface area contributed by atoms with Gasteiger partial charge in [-0.15, -0.1) is 0 Å². The number of nitrogens with zero attached hydrogens (tertiary/aromatic N) is 2. The van der Waals surface area contributed by atoms with E-state index >= 15 is 0 Å². The Bertz CT molecular complexity index is 230. The summed E-state index contributed by atoms with van der Waals surface area (Å²) in [5.41, 5.74) is 0. The highest BCUT2D eigenvalue weighted by atomic mass is 19.1. The van der Waals surface area contributed by atoms with Crippen LogP contribution in [0.2, 0.25) is 0 Å². The number of rotatable bonds is 3. The first-order valence-electron chi connectivity index (χ1n) is 3.91. The molecule has 0 unspecified atom stereocenters. The Morgan fingerprint density at radius 3 is 2.82 bits per heavy atom. The maximum atomic E-state index is 12.7. The monoisotopic (exact) mass is 156 g/mol. The fourth-order valence-corrected chi connectivity index (χ4v) is 0.991. The third-order valence-electron chi connectivity index (χ3n) is 1.78. The van der Waals surface area contributed by atoms with Gasteiger partial charge in [0, 0.05) is 13.5 Å². The van der Waals surface area contributed by atoms with Crippen molar-refractivity contribution in [3.05, 3.63) is 18.0 Å². The highest BCUT2D eigenvalue weighted by Crippen LogP contribution is 2.04. The number of hydrogen-bond donors (Lipinski definition) is 0. The quantitative estimate of drug-likeness (QED) is 0.653. The molecule has 0 atom stereocenters. The van der Waals surface area contributed by atoms with Crippen molar-refractivity contribution in [2.45, 2.75) is 26.2 Å². The van der Waals surface area contributed by atoms with Crippen LogP contribution < -0.4 is 0 Å². The summed E-state index contributed by atoms with van der Waals surface area (Å²) in [5, 5.41) is 0. The Balaban J connectivity index is 2.63. The molecular formula is C8H13FN2. The summed E-state index contributed by atoms with van der Waals surface area (Å²) in [6, 6.07) is 0. The molecule has 11 heavy (non-hydrogen) atoms. The third kappa shape index (κ3) is 1.79. The van der Waals surface area contributed by atoms with E-state index < -0.39 is 0 Å². The standard InChI is InChI=1S/C8H13FN2/c1-3-4-5-8-10-6-7(9)11(8)2/h6H,3-5H2,1-2H3. The Labute approximate surface area is 66.1 Å². The molecule has 0 bridgehead atoms. The van der Waals surface area contributed by atoms with Gasteiger partial charge < -0.3 is 4.57 Å². The molecule has 0 fully saturated rings. The maximum Gasteiger partial charge on any atom is 0.213 e. The molecule has 1 heterocycles. The molecule has 1 aromatic rings. The molecule has 1 rings (SSSR count). The summed E-state index contributed by atoms with van der Waals surface area (Å²) < 4.78 is 14.2. The zero-order valence-corrected chi connectivity index (χ0v) is 6.97. The molecule has 0 radical (unpaired) electrons. The Morgan fingerprint density at radius 2 is 2.36 bits per heavy atom. The molecule has 0 aliphatic heterocycles. The highest BCUT2D eigenvalue weighted by Gasteiger charge is 2.03. The fraction of sp³-hybridized carbons (Fsp3) is 0.625. The molecule has 0 aromatic carbocycles. The summed E-state index contributed by atoms with van der Waals surface area (Å²) in [5.74, 6) is 0.584. The zero-order valence-electron chi connectivity index (χ0n) is 6.97. The minimum absolute atomic E-state index is 0.254. The molecule has 0 spiro atoms. The predicted molar refractivity (Wildman–Crippen MR) is 41.8 cm³/mol. The van der Waals surface area contributed by atoms with Crippen LogP contribution in [-0.4, -0.2) is 9.55 Å². The van der Waals surface area contributed by atoms with E-state index in [0.717, 1.165) is 25.1 Å². The smallest absolute Gasteiger partial charge is 0.213 e.